The van der Waals surface area contributed by atoms with Crippen LogP contribution in [0.5, 0.6) is 0 Å². The summed E-state index contributed by atoms with van der Waals surface area (Å²) in [5, 5.41) is 5.57. The highest BCUT2D eigenvalue weighted by molar-refractivity contribution is 7.12. The van der Waals surface area contributed by atoms with Crippen molar-refractivity contribution in [1.29, 1.82) is 0 Å². The van der Waals surface area contributed by atoms with Gasteiger partial charge in [0.05, 0.1) is 21.3 Å². The van der Waals surface area contributed by atoms with E-state index >= 15 is 0 Å². The molecular formula is C13H15N3S. The second-order valence-electron chi connectivity index (χ2n) is 4.52. The topological polar surface area (TPSA) is 30.7 Å². The van der Waals surface area contributed by atoms with Crippen molar-refractivity contribution in [2.24, 2.45) is 7.05 Å². The molecule has 0 atom stereocenters. The Kier molecular flexibility index (Phi) is 2.40. The Morgan fingerprint density at radius 3 is 2.82 bits per heavy atom. The number of hydrogen-bond donors (Lipinski definition) is 0. The SMILES string of the molecule is Cc1nc2c(s1)C=C(c1cn(C)nc1C)CC2. The molecule has 4 heteroatoms. The Hall–Kier alpha value is -1.42. The van der Waals surface area contributed by atoms with E-state index in [1.54, 1.807) is 11.3 Å². The minimum atomic E-state index is 1.06. The normalized spacial score (nSPS) is 14.6. The summed E-state index contributed by atoms with van der Waals surface area (Å²) in [6, 6.07) is 0. The monoisotopic (exact) mass is 245 g/mol. The zero-order chi connectivity index (χ0) is 12.0. The highest BCUT2D eigenvalue weighted by Crippen LogP contribution is 2.33. The lowest BCUT2D eigenvalue weighted by Crippen LogP contribution is -1.97. The van der Waals surface area contributed by atoms with E-state index in [9.17, 15) is 0 Å². The van der Waals surface area contributed by atoms with Gasteiger partial charge in [0.25, 0.3) is 0 Å². The van der Waals surface area contributed by atoms with Gasteiger partial charge in [-0.1, -0.05) is 0 Å². The second-order valence-corrected chi connectivity index (χ2v) is 5.75. The molecule has 1 aliphatic rings. The molecule has 2 heterocycles. The lowest BCUT2D eigenvalue weighted by Gasteiger charge is -2.11. The molecule has 1 aliphatic carbocycles. The quantitative estimate of drug-likeness (QED) is 0.773. The number of fused-ring (bicyclic) bond motifs is 1. The number of hydrogen-bond acceptors (Lipinski definition) is 3. The van der Waals surface area contributed by atoms with Crippen LogP contribution in [0.3, 0.4) is 0 Å². The average molecular weight is 245 g/mol. The molecule has 2 aromatic heterocycles. The van der Waals surface area contributed by atoms with E-state index in [1.165, 1.54) is 21.7 Å². The molecule has 0 fully saturated rings. The van der Waals surface area contributed by atoms with E-state index in [4.69, 9.17) is 0 Å². The summed E-state index contributed by atoms with van der Waals surface area (Å²) in [4.78, 5) is 5.89. The van der Waals surface area contributed by atoms with Gasteiger partial charge in [0.2, 0.25) is 0 Å². The minimum Gasteiger partial charge on any atom is -0.275 e. The van der Waals surface area contributed by atoms with Gasteiger partial charge in [-0.2, -0.15) is 5.10 Å². The Morgan fingerprint density at radius 2 is 2.12 bits per heavy atom. The first kappa shape index (κ1) is 10.7. The molecule has 0 saturated carbocycles. The zero-order valence-corrected chi connectivity index (χ0v) is 11.1. The van der Waals surface area contributed by atoms with E-state index < -0.39 is 0 Å². The molecule has 0 bridgehead atoms. The van der Waals surface area contributed by atoms with Crippen molar-refractivity contribution in [2.45, 2.75) is 26.7 Å². The third kappa shape index (κ3) is 1.82. The van der Waals surface area contributed by atoms with E-state index in [2.05, 4.69) is 36.2 Å². The van der Waals surface area contributed by atoms with Crippen LogP contribution in [0.1, 0.15) is 33.3 Å². The molecule has 0 radical (unpaired) electrons. The molecule has 0 unspecified atom stereocenters. The molecule has 3 rings (SSSR count). The summed E-state index contributed by atoms with van der Waals surface area (Å²) in [6.07, 6.45) is 6.52. The van der Waals surface area contributed by atoms with Gasteiger partial charge < -0.3 is 0 Å². The molecule has 0 aliphatic heterocycles. The lowest BCUT2D eigenvalue weighted by atomic mass is 9.95. The van der Waals surface area contributed by atoms with E-state index in [0.717, 1.165) is 23.5 Å². The summed E-state index contributed by atoms with van der Waals surface area (Å²) in [6.45, 7) is 4.15. The Morgan fingerprint density at radius 1 is 1.29 bits per heavy atom. The first-order valence-electron chi connectivity index (χ1n) is 5.81. The molecule has 0 amide bonds. The fourth-order valence-corrected chi connectivity index (χ4v) is 3.33. The Balaban J connectivity index is 2.06. The molecule has 17 heavy (non-hydrogen) atoms. The number of rotatable bonds is 1. The molecule has 0 aromatic carbocycles. The van der Waals surface area contributed by atoms with Gasteiger partial charge in [-0.25, -0.2) is 4.98 Å². The van der Waals surface area contributed by atoms with Crippen molar-refractivity contribution in [2.75, 3.05) is 0 Å². The fourth-order valence-electron chi connectivity index (χ4n) is 2.39. The van der Waals surface area contributed by atoms with Gasteiger partial charge in [-0.15, -0.1) is 11.3 Å². The van der Waals surface area contributed by atoms with E-state index in [-0.39, 0.29) is 0 Å². The highest BCUT2D eigenvalue weighted by Gasteiger charge is 2.17. The molecule has 2 aromatic rings. The third-order valence-corrected chi connectivity index (χ3v) is 4.09. The summed E-state index contributed by atoms with van der Waals surface area (Å²) >= 11 is 1.79. The largest absolute Gasteiger partial charge is 0.275 e. The van der Waals surface area contributed by atoms with Crippen molar-refractivity contribution >= 4 is 23.0 Å². The number of nitrogens with zero attached hydrogens (tertiary/aromatic N) is 3. The van der Waals surface area contributed by atoms with Crippen LogP contribution in [-0.2, 0) is 13.5 Å². The molecule has 0 N–H and O–H groups in total. The maximum Gasteiger partial charge on any atom is 0.0903 e. The first-order chi connectivity index (χ1) is 8.13. The van der Waals surface area contributed by atoms with Crippen molar-refractivity contribution in [1.82, 2.24) is 14.8 Å². The molecular weight excluding hydrogens is 230 g/mol. The van der Waals surface area contributed by atoms with Crippen molar-refractivity contribution < 1.29 is 0 Å². The second kappa shape index (κ2) is 3.81. The summed E-state index contributed by atoms with van der Waals surface area (Å²) < 4.78 is 1.89. The predicted octanol–water partition coefficient (Wildman–Crippen LogP) is 2.98. The molecule has 0 spiro atoms. The number of aromatic nitrogens is 3. The van der Waals surface area contributed by atoms with E-state index in [1.807, 2.05) is 11.7 Å². The van der Waals surface area contributed by atoms with Crippen LogP contribution in [0.4, 0.5) is 0 Å². The number of thiazole rings is 1. The highest BCUT2D eigenvalue weighted by atomic mass is 32.1. The first-order valence-corrected chi connectivity index (χ1v) is 6.62. The van der Waals surface area contributed by atoms with Gasteiger partial charge in [-0.3, -0.25) is 4.68 Å². The van der Waals surface area contributed by atoms with Gasteiger partial charge in [-0.05, 0) is 38.3 Å². The minimum absolute atomic E-state index is 1.06. The van der Waals surface area contributed by atoms with Gasteiger partial charge in [0.1, 0.15) is 0 Å². The maximum atomic E-state index is 4.56. The number of aryl methyl sites for hydroxylation is 4. The summed E-state index contributed by atoms with van der Waals surface area (Å²) in [5.74, 6) is 0. The van der Waals surface area contributed by atoms with Crippen LogP contribution < -0.4 is 0 Å². The standard InChI is InChI=1S/C13H15N3S/c1-8-11(7-16(3)15-8)10-4-5-12-13(6-10)17-9(2)14-12/h6-7H,4-5H2,1-3H3. The van der Waals surface area contributed by atoms with Crippen LogP contribution in [0.25, 0.3) is 11.6 Å². The lowest BCUT2D eigenvalue weighted by molar-refractivity contribution is 0.756. The molecule has 3 nitrogen and oxygen atoms in total. The van der Waals surface area contributed by atoms with Crippen LogP contribution in [0.15, 0.2) is 6.20 Å². The third-order valence-electron chi connectivity index (χ3n) is 3.13. The van der Waals surface area contributed by atoms with Crippen molar-refractivity contribution in [3.05, 3.63) is 33.0 Å². The molecule has 0 saturated heterocycles. The zero-order valence-electron chi connectivity index (χ0n) is 10.3. The van der Waals surface area contributed by atoms with Crippen LogP contribution in [-0.4, -0.2) is 14.8 Å². The molecule has 88 valence electrons. The Labute approximate surface area is 105 Å². The van der Waals surface area contributed by atoms with Gasteiger partial charge >= 0.3 is 0 Å². The maximum absolute atomic E-state index is 4.56. The fraction of sp³-hybridized carbons (Fsp3) is 0.385. The predicted molar refractivity (Wildman–Crippen MR) is 71.0 cm³/mol. The van der Waals surface area contributed by atoms with Gasteiger partial charge in [0, 0.05) is 18.8 Å². The number of allylic oxidation sites excluding steroid dienone is 1. The smallest absolute Gasteiger partial charge is 0.0903 e. The van der Waals surface area contributed by atoms with Crippen molar-refractivity contribution in [3.63, 3.8) is 0 Å². The van der Waals surface area contributed by atoms with Crippen molar-refractivity contribution in [3.8, 4) is 0 Å². The average Bonchev–Trinajstić information content (AvgIpc) is 2.78. The van der Waals surface area contributed by atoms with Crippen LogP contribution in [0, 0.1) is 13.8 Å². The Bertz CT molecular complexity index is 604. The van der Waals surface area contributed by atoms with Gasteiger partial charge in [0.15, 0.2) is 0 Å². The van der Waals surface area contributed by atoms with Crippen LogP contribution in [0.2, 0.25) is 0 Å². The summed E-state index contributed by atoms with van der Waals surface area (Å²) in [7, 11) is 1.97. The van der Waals surface area contributed by atoms with Crippen LogP contribution >= 0.6 is 11.3 Å². The summed E-state index contributed by atoms with van der Waals surface area (Å²) in [5.41, 5.74) is 5.05. The van der Waals surface area contributed by atoms with E-state index in [0.29, 0.717) is 0 Å².